The number of carbonyl (C=O) groups is 1. The molecule has 1 aromatic carbocycles. The van der Waals surface area contributed by atoms with Gasteiger partial charge in [-0.1, -0.05) is 30.3 Å². The molecule has 4 rings (SSSR count). The summed E-state index contributed by atoms with van der Waals surface area (Å²) in [6, 6.07) is 11.9. The molecule has 1 N–H and O–H groups in total. The summed E-state index contributed by atoms with van der Waals surface area (Å²) >= 11 is 0. The molecule has 0 saturated heterocycles. The van der Waals surface area contributed by atoms with Gasteiger partial charge in [0.1, 0.15) is 11.6 Å². The number of hydrogen-bond acceptors (Lipinski definition) is 4. The van der Waals surface area contributed by atoms with E-state index in [0.29, 0.717) is 5.82 Å². The van der Waals surface area contributed by atoms with E-state index in [0.717, 1.165) is 34.0 Å². The standard InChI is InChI=1S/C25H22FN5O/c1-4-21(18-7-5-17(6-8-18)20-12-29-31(3)15-20)19-9-10-24(28-11-19)30-25(32)22-13-27-14-23(26)16(22)2/h4-15H,1-3H3,(H,28,30,32). The lowest BCUT2D eigenvalue weighted by Crippen LogP contribution is -2.15. The second-order valence-corrected chi connectivity index (χ2v) is 7.36. The van der Waals surface area contributed by atoms with Crippen LogP contribution < -0.4 is 5.32 Å². The van der Waals surface area contributed by atoms with Gasteiger partial charge in [0.25, 0.3) is 5.91 Å². The minimum atomic E-state index is -0.520. The van der Waals surface area contributed by atoms with E-state index in [-0.39, 0.29) is 11.1 Å². The van der Waals surface area contributed by atoms with E-state index < -0.39 is 11.7 Å². The second kappa shape index (κ2) is 8.93. The molecule has 0 atom stereocenters. The zero-order valence-electron chi connectivity index (χ0n) is 18.0. The first kappa shape index (κ1) is 21.1. The second-order valence-electron chi connectivity index (χ2n) is 7.36. The molecule has 0 aliphatic heterocycles. The van der Waals surface area contributed by atoms with Crippen LogP contribution in [0, 0.1) is 12.7 Å². The third-order valence-electron chi connectivity index (χ3n) is 5.24. The Morgan fingerprint density at radius 2 is 1.75 bits per heavy atom. The highest BCUT2D eigenvalue weighted by Gasteiger charge is 2.14. The van der Waals surface area contributed by atoms with Crippen LogP contribution in [0.3, 0.4) is 0 Å². The summed E-state index contributed by atoms with van der Waals surface area (Å²) in [6.45, 7) is 3.51. The zero-order valence-corrected chi connectivity index (χ0v) is 18.0. The van der Waals surface area contributed by atoms with Gasteiger partial charge in [0.05, 0.1) is 18.0 Å². The lowest BCUT2D eigenvalue weighted by Gasteiger charge is -2.11. The van der Waals surface area contributed by atoms with Crippen LogP contribution in [-0.4, -0.2) is 25.7 Å². The summed E-state index contributed by atoms with van der Waals surface area (Å²) in [4.78, 5) is 20.6. The van der Waals surface area contributed by atoms with E-state index in [1.165, 1.54) is 6.20 Å². The lowest BCUT2D eigenvalue weighted by molar-refractivity contribution is 0.102. The molecule has 0 spiro atoms. The number of nitrogens with zero attached hydrogens (tertiary/aromatic N) is 4. The third kappa shape index (κ3) is 4.32. The fourth-order valence-electron chi connectivity index (χ4n) is 3.45. The monoisotopic (exact) mass is 427 g/mol. The fraction of sp³-hybridized carbons (Fsp3) is 0.120. The van der Waals surface area contributed by atoms with Crippen molar-refractivity contribution in [1.29, 1.82) is 0 Å². The number of rotatable bonds is 5. The van der Waals surface area contributed by atoms with Crippen molar-refractivity contribution in [2.75, 3.05) is 5.32 Å². The molecule has 0 aliphatic rings. The first-order valence-corrected chi connectivity index (χ1v) is 10.1. The summed E-state index contributed by atoms with van der Waals surface area (Å²) in [7, 11) is 1.89. The Kier molecular flexibility index (Phi) is 5.89. The molecule has 3 heterocycles. The number of allylic oxidation sites excluding steroid dienone is 1. The van der Waals surface area contributed by atoms with Gasteiger partial charge in [0, 0.05) is 42.3 Å². The largest absolute Gasteiger partial charge is 0.307 e. The molecule has 0 aliphatic carbocycles. The topological polar surface area (TPSA) is 72.7 Å². The van der Waals surface area contributed by atoms with Gasteiger partial charge in [-0.3, -0.25) is 14.5 Å². The van der Waals surface area contributed by atoms with Crippen LogP contribution in [0.4, 0.5) is 10.2 Å². The molecule has 1 amide bonds. The maximum Gasteiger partial charge on any atom is 0.258 e. The van der Waals surface area contributed by atoms with E-state index >= 15 is 0 Å². The van der Waals surface area contributed by atoms with Crippen LogP contribution in [0.5, 0.6) is 0 Å². The van der Waals surface area contributed by atoms with Gasteiger partial charge in [0.15, 0.2) is 0 Å². The van der Waals surface area contributed by atoms with E-state index in [1.807, 2.05) is 38.5 Å². The Morgan fingerprint density at radius 1 is 1.00 bits per heavy atom. The number of amides is 1. The molecule has 3 aromatic heterocycles. The van der Waals surface area contributed by atoms with Crippen LogP contribution >= 0.6 is 0 Å². The van der Waals surface area contributed by atoms with Crippen LogP contribution in [0.1, 0.15) is 34.0 Å². The van der Waals surface area contributed by atoms with Crippen molar-refractivity contribution >= 4 is 17.3 Å². The normalized spacial score (nSPS) is 11.4. The predicted octanol–water partition coefficient (Wildman–Crippen LogP) is 5.03. The molecular weight excluding hydrogens is 405 g/mol. The molecular formula is C25H22FN5O. The average Bonchev–Trinajstić information content (AvgIpc) is 3.24. The van der Waals surface area contributed by atoms with Crippen molar-refractivity contribution in [2.45, 2.75) is 13.8 Å². The van der Waals surface area contributed by atoms with Gasteiger partial charge >= 0.3 is 0 Å². The van der Waals surface area contributed by atoms with Crippen molar-refractivity contribution in [3.05, 3.63) is 102 Å². The van der Waals surface area contributed by atoms with Crippen molar-refractivity contribution in [3.63, 3.8) is 0 Å². The Hall–Kier alpha value is -4.13. The summed E-state index contributed by atoms with van der Waals surface area (Å²) in [5.74, 6) is -0.593. The summed E-state index contributed by atoms with van der Waals surface area (Å²) in [5.41, 5.74) is 5.59. The highest BCUT2D eigenvalue weighted by atomic mass is 19.1. The van der Waals surface area contributed by atoms with E-state index in [2.05, 4.69) is 44.6 Å². The molecule has 0 radical (unpaired) electrons. The van der Waals surface area contributed by atoms with Crippen molar-refractivity contribution in [3.8, 4) is 11.1 Å². The van der Waals surface area contributed by atoms with Gasteiger partial charge in [0.2, 0.25) is 0 Å². The zero-order chi connectivity index (χ0) is 22.7. The molecule has 0 fully saturated rings. The molecule has 0 saturated carbocycles. The number of hydrogen-bond donors (Lipinski definition) is 1. The van der Waals surface area contributed by atoms with E-state index in [9.17, 15) is 9.18 Å². The van der Waals surface area contributed by atoms with Gasteiger partial charge in [-0.2, -0.15) is 5.10 Å². The number of benzene rings is 1. The Morgan fingerprint density at radius 3 is 2.38 bits per heavy atom. The SMILES string of the molecule is CC=C(c1ccc(-c2cnn(C)c2)cc1)c1ccc(NC(=O)c2cncc(F)c2C)nc1. The summed E-state index contributed by atoms with van der Waals surface area (Å²) < 4.78 is 15.5. The molecule has 0 unspecified atom stereocenters. The van der Waals surface area contributed by atoms with Crippen molar-refractivity contribution < 1.29 is 9.18 Å². The predicted molar refractivity (Wildman–Crippen MR) is 123 cm³/mol. The van der Waals surface area contributed by atoms with Crippen LogP contribution in [0.2, 0.25) is 0 Å². The van der Waals surface area contributed by atoms with Crippen LogP contribution in [0.25, 0.3) is 16.7 Å². The summed E-state index contributed by atoms with van der Waals surface area (Å²) in [6.07, 6.45) is 9.97. The van der Waals surface area contributed by atoms with Gasteiger partial charge in [-0.25, -0.2) is 9.37 Å². The number of aromatic nitrogens is 4. The molecule has 160 valence electrons. The quantitative estimate of drug-likeness (QED) is 0.485. The minimum Gasteiger partial charge on any atom is -0.307 e. The minimum absolute atomic E-state index is 0.179. The summed E-state index contributed by atoms with van der Waals surface area (Å²) in [5, 5.41) is 6.91. The highest BCUT2D eigenvalue weighted by Crippen LogP contribution is 2.27. The average molecular weight is 427 g/mol. The first-order chi connectivity index (χ1) is 15.5. The Labute approximate surface area is 185 Å². The Bertz CT molecular complexity index is 1290. The van der Waals surface area contributed by atoms with E-state index in [4.69, 9.17) is 0 Å². The molecule has 4 aromatic rings. The van der Waals surface area contributed by atoms with Crippen molar-refractivity contribution in [2.24, 2.45) is 7.05 Å². The fourth-order valence-corrected chi connectivity index (χ4v) is 3.45. The van der Waals surface area contributed by atoms with Gasteiger partial charge in [-0.15, -0.1) is 0 Å². The van der Waals surface area contributed by atoms with E-state index in [1.54, 1.807) is 23.9 Å². The maximum atomic E-state index is 13.7. The molecule has 7 heteroatoms. The van der Waals surface area contributed by atoms with Gasteiger partial charge in [-0.05, 0) is 42.7 Å². The van der Waals surface area contributed by atoms with Crippen molar-refractivity contribution in [1.82, 2.24) is 19.7 Å². The Balaban J connectivity index is 1.51. The number of anilines is 1. The number of pyridine rings is 2. The third-order valence-corrected chi connectivity index (χ3v) is 5.24. The number of halogens is 1. The molecule has 6 nitrogen and oxygen atoms in total. The van der Waals surface area contributed by atoms with Gasteiger partial charge < -0.3 is 5.32 Å². The first-order valence-electron chi connectivity index (χ1n) is 10.1. The maximum absolute atomic E-state index is 13.7. The molecule has 32 heavy (non-hydrogen) atoms. The number of carbonyl (C=O) groups excluding carboxylic acids is 1. The molecule has 0 bridgehead atoms. The van der Waals surface area contributed by atoms with Crippen LogP contribution in [0.15, 0.2) is 73.5 Å². The lowest BCUT2D eigenvalue weighted by atomic mass is 9.97. The number of aryl methyl sites for hydroxylation is 1. The van der Waals surface area contributed by atoms with Crippen LogP contribution in [-0.2, 0) is 7.05 Å². The smallest absolute Gasteiger partial charge is 0.258 e. The highest BCUT2D eigenvalue weighted by molar-refractivity contribution is 6.04. The number of nitrogens with one attached hydrogen (secondary N) is 1.